The van der Waals surface area contributed by atoms with Crippen LogP contribution in [0.3, 0.4) is 0 Å². The van der Waals surface area contributed by atoms with E-state index < -0.39 is 0 Å². The number of thiophene rings is 1. The molecule has 1 unspecified atom stereocenters. The summed E-state index contributed by atoms with van der Waals surface area (Å²) in [5, 5.41) is 7.55. The minimum absolute atomic E-state index is 0.244. The van der Waals surface area contributed by atoms with E-state index >= 15 is 0 Å². The molecule has 0 aromatic carbocycles. The minimum atomic E-state index is 0.244. The van der Waals surface area contributed by atoms with Gasteiger partial charge in [-0.25, -0.2) is 4.98 Å². The summed E-state index contributed by atoms with van der Waals surface area (Å²) in [5.41, 5.74) is 2.48. The fraction of sp³-hybridized carbons (Fsp3) is 0.300. The lowest BCUT2D eigenvalue weighted by Gasteiger charge is -2.15. The van der Waals surface area contributed by atoms with Gasteiger partial charge in [0.25, 0.3) is 0 Å². The van der Waals surface area contributed by atoms with Gasteiger partial charge in [0.05, 0.1) is 24.3 Å². The normalized spacial score (nSPS) is 13.0. The Kier molecular flexibility index (Phi) is 2.65. The van der Waals surface area contributed by atoms with E-state index in [0.717, 1.165) is 0 Å². The molecular weight excluding hydrogens is 194 g/mol. The van der Waals surface area contributed by atoms with Crippen molar-refractivity contribution in [1.82, 2.24) is 14.9 Å². The summed E-state index contributed by atoms with van der Waals surface area (Å²) in [5.74, 6) is 0. The van der Waals surface area contributed by atoms with Crippen molar-refractivity contribution in [1.29, 1.82) is 0 Å². The van der Waals surface area contributed by atoms with Crippen molar-refractivity contribution in [2.24, 2.45) is 7.05 Å². The highest BCUT2D eigenvalue weighted by Gasteiger charge is 2.14. The molecule has 0 amide bonds. The van der Waals surface area contributed by atoms with Gasteiger partial charge < -0.3 is 9.88 Å². The van der Waals surface area contributed by atoms with Gasteiger partial charge >= 0.3 is 0 Å². The summed E-state index contributed by atoms with van der Waals surface area (Å²) in [6, 6.07) is 2.38. The van der Waals surface area contributed by atoms with Crippen molar-refractivity contribution in [2.75, 3.05) is 7.05 Å². The van der Waals surface area contributed by atoms with Gasteiger partial charge in [-0.05, 0) is 29.4 Å². The molecule has 2 rings (SSSR count). The van der Waals surface area contributed by atoms with Crippen LogP contribution in [0, 0.1) is 0 Å². The maximum atomic E-state index is 4.13. The second-order valence-electron chi connectivity index (χ2n) is 3.21. The fourth-order valence-electron chi connectivity index (χ4n) is 1.57. The molecule has 2 heterocycles. The van der Waals surface area contributed by atoms with Crippen LogP contribution in [0.15, 0.2) is 29.4 Å². The average molecular weight is 207 g/mol. The Bertz CT molecular complexity index is 391. The van der Waals surface area contributed by atoms with Crippen LogP contribution in [0.5, 0.6) is 0 Å². The molecule has 0 bridgehead atoms. The van der Waals surface area contributed by atoms with Gasteiger partial charge in [0, 0.05) is 7.05 Å². The lowest BCUT2D eigenvalue weighted by Crippen LogP contribution is -2.19. The standard InChI is InChI=1S/C10H13N3S/c1-11-10(8-3-4-14-6-8)9-5-12-7-13(9)2/h3-7,10-11H,1-2H3. The topological polar surface area (TPSA) is 29.9 Å². The summed E-state index contributed by atoms with van der Waals surface area (Å²) in [4.78, 5) is 4.13. The fourth-order valence-corrected chi connectivity index (χ4v) is 2.26. The highest BCUT2D eigenvalue weighted by Crippen LogP contribution is 2.22. The van der Waals surface area contributed by atoms with Crippen molar-refractivity contribution < 1.29 is 0 Å². The zero-order valence-corrected chi connectivity index (χ0v) is 9.08. The van der Waals surface area contributed by atoms with Crippen LogP contribution in [-0.4, -0.2) is 16.6 Å². The molecule has 3 nitrogen and oxygen atoms in total. The van der Waals surface area contributed by atoms with Crippen molar-refractivity contribution in [3.63, 3.8) is 0 Å². The van der Waals surface area contributed by atoms with Crippen molar-refractivity contribution in [2.45, 2.75) is 6.04 Å². The van der Waals surface area contributed by atoms with Crippen LogP contribution < -0.4 is 5.32 Å². The SMILES string of the molecule is CNC(c1ccsc1)c1cncn1C. The van der Waals surface area contributed by atoms with Gasteiger partial charge in [-0.1, -0.05) is 0 Å². The van der Waals surface area contributed by atoms with Crippen molar-refractivity contribution in [3.8, 4) is 0 Å². The molecule has 0 fully saturated rings. The zero-order valence-electron chi connectivity index (χ0n) is 8.27. The number of imidazole rings is 1. The highest BCUT2D eigenvalue weighted by atomic mass is 32.1. The quantitative estimate of drug-likeness (QED) is 0.831. The van der Waals surface area contributed by atoms with E-state index in [-0.39, 0.29) is 6.04 Å². The molecule has 2 aromatic rings. The van der Waals surface area contributed by atoms with E-state index in [4.69, 9.17) is 0 Å². The van der Waals surface area contributed by atoms with Gasteiger partial charge in [0.15, 0.2) is 0 Å². The second kappa shape index (κ2) is 3.94. The number of nitrogens with zero attached hydrogens (tertiary/aromatic N) is 2. The molecule has 0 spiro atoms. The van der Waals surface area contributed by atoms with Crippen LogP contribution in [0.1, 0.15) is 17.3 Å². The Morgan fingerprint density at radius 2 is 2.43 bits per heavy atom. The Labute approximate surface area is 87.4 Å². The largest absolute Gasteiger partial charge is 0.336 e. The average Bonchev–Trinajstić information content (AvgIpc) is 2.80. The van der Waals surface area contributed by atoms with Gasteiger partial charge in [-0.3, -0.25) is 0 Å². The lowest BCUT2D eigenvalue weighted by molar-refractivity contribution is 0.640. The van der Waals surface area contributed by atoms with Crippen molar-refractivity contribution in [3.05, 3.63) is 40.6 Å². The molecule has 4 heteroatoms. The summed E-state index contributed by atoms with van der Waals surface area (Å²) < 4.78 is 2.04. The van der Waals surface area contributed by atoms with Gasteiger partial charge in [-0.15, -0.1) is 0 Å². The highest BCUT2D eigenvalue weighted by molar-refractivity contribution is 7.08. The maximum absolute atomic E-state index is 4.13. The predicted molar refractivity (Wildman–Crippen MR) is 58.4 cm³/mol. The first-order valence-electron chi connectivity index (χ1n) is 4.48. The van der Waals surface area contributed by atoms with E-state index in [1.807, 2.05) is 31.2 Å². The summed E-state index contributed by atoms with van der Waals surface area (Å²) in [6.45, 7) is 0. The lowest BCUT2D eigenvalue weighted by atomic mass is 10.1. The number of nitrogens with one attached hydrogen (secondary N) is 1. The van der Waals surface area contributed by atoms with E-state index in [1.165, 1.54) is 11.3 Å². The molecule has 0 aliphatic carbocycles. The van der Waals surface area contributed by atoms with Gasteiger partial charge in [0.1, 0.15) is 0 Å². The molecule has 0 aliphatic rings. The Morgan fingerprint density at radius 3 is 2.93 bits per heavy atom. The predicted octanol–water partition coefficient (Wildman–Crippen LogP) is 1.79. The summed E-state index contributed by atoms with van der Waals surface area (Å²) in [7, 11) is 3.98. The molecule has 2 aromatic heterocycles. The first-order valence-corrected chi connectivity index (χ1v) is 5.43. The van der Waals surface area contributed by atoms with Crippen LogP contribution in [0.25, 0.3) is 0 Å². The third kappa shape index (κ3) is 1.58. The molecular formula is C10H13N3S. The van der Waals surface area contributed by atoms with E-state index in [9.17, 15) is 0 Å². The molecule has 0 aliphatic heterocycles. The van der Waals surface area contributed by atoms with E-state index in [0.29, 0.717) is 0 Å². The Balaban J connectivity index is 2.36. The van der Waals surface area contributed by atoms with E-state index in [2.05, 4.69) is 27.1 Å². The molecule has 14 heavy (non-hydrogen) atoms. The van der Waals surface area contributed by atoms with Crippen LogP contribution in [0.2, 0.25) is 0 Å². The first kappa shape index (κ1) is 9.43. The summed E-state index contributed by atoms with van der Waals surface area (Å²) >= 11 is 1.72. The number of aryl methyl sites for hydroxylation is 1. The third-order valence-corrected chi connectivity index (χ3v) is 3.02. The molecule has 1 atom stereocenters. The molecule has 0 radical (unpaired) electrons. The number of hydrogen-bond donors (Lipinski definition) is 1. The molecule has 0 saturated carbocycles. The minimum Gasteiger partial charge on any atom is -0.336 e. The second-order valence-corrected chi connectivity index (χ2v) is 3.99. The van der Waals surface area contributed by atoms with Crippen LogP contribution >= 0.6 is 11.3 Å². The first-order chi connectivity index (χ1) is 6.83. The Morgan fingerprint density at radius 1 is 1.57 bits per heavy atom. The van der Waals surface area contributed by atoms with Crippen LogP contribution in [0.4, 0.5) is 0 Å². The molecule has 0 saturated heterocycles. The number of hydrogen-bond acceptors (Lipinski definition) is 3. The number of rotatable bonds is 3. The van der Waals surface area contributed by atoms with Crippen LogP contribution in [-0.2, 0) is 7.05 Å². The zero-order chi connectivity index (χ0) is 9.97. The smallest absolute Gasteiger partial charge is 0.0946 e. The third-order valence-electron chi connectivity index (χ3n) is 2.31. The van der Waals surface area contributed by atoms with Gasteiger partial charge in [0.2, 0.25) is 0 Å². The Hall–Kier alpha value is -1.13. The molecule has 74 valence electrons. The van der Waals surface area contributed by atoms with Crippen molar-refractivity contribution >= 4 is 11.3 Å². The van der Waals surface area contributed by atoms with E-state index in [1.54, 1.807) is 11.3 Å². The summed E-state index contributed by atoms with van der Waals surface area (Å²) in [6.07, 6.45) is 3.73. The maximum Gasteiger partial charge on any atom is 0.0946 e. The van der Waals surface area contributed by atoms with Gasteiger partial charge in [-0.2, -0.15) is 11.3 Å². The monoisotopic (exact) mass is 207 g/mol. The molecule has 1 N–H and O–H groups in total. The number of aromatic nitrogens is 2.